The van der Waals surface area contributed by atoms with Crippen LogP contribution in [0.4, 0.5) is 0 Å². The van der Waals surface area contributed by atoms with Gasteiger partial charge in [0.15, 0.2) is 0 Å². The third-order valence-corrected chi connectivity index (χ3v) is 3.67. The zero-order chi connectivity index (χ0) is 8.97. The van der Waals surface area contributed by atoms with Crippen molar-refractivity contribution in [3.05, 3.63) is 0 Å². The van der Waals surface area contributed by atoms with Crippen molar-refractivity contribution in [3.8, 4) is 0 Å². The van der Waals surface area contributed by atoms with Crippen molar-refractivity contribution in [2.24, 2.45) is 0 Å². The van der Waals surface area contributed by atoms with Gasteiger partial charge in [0.1, 0.15) is 0 Å². The fraction of sp³-hybridized carbons (Fsp3) is 1.00. The summed E-state index contributed by atoms with van der Waals surface area (Å²) in [7, 11) is 0. The van der Waals surface area contributed by atoms with Crippen molar-refractivity contribution in [3.63, 3.8) is 0 Å². The minimum atomic E-state index is -0.165. The molecular formula is C9H19NOS. The summed E-state index contributed by atoms with van der Waals surface area (Å²) in [5, 5.41) is 13.3. The van der Waals surface area contributed by atoms with E-state index in [1.165, 1.54) is 12.2 Å². The topological polar surface area (TPSA) is 32.3 Å². The Balaban J connectivity index is 2.06. The van der Waals surface area contributed by atoms with E-state index in [4.69, 9.17) is 5.11 Å². The number of hydrogen-bond donors (Lipinski definition) is 2. The largest absolute Gasteiger partial charge is 0.393 e. The minimum absolute atomic E-state index is 0.165. The van der Waals surface area contributed by atoms with Crippen molar-refractivity contribution in [2.45, 2.75) is 44.1 Å². The van der Waals surface area contributed by atoms with Crippen LogP contribution in [0.25, 0.3) is 0 Å². The molecule has 3 atom stereocenters. The number of hydrogen-bond acceptors (Lipinski definition) is 3. The van der Waals surface area contributed by atoms with E-state index in [0.29, 0.717) is 6.04 Å². The van der Waals surface area contributed by atoms with Gasteiger partial charge >= 0.3 is 0 Å². The quantitative estimate of drug-likeness (QED) is 0.698. The second-order valence-corrected chi connectivity index (χ2v) is 5.05. The maximum absolute atomic E-state index is 9.05. The van der Waals surface area contributed by atoms with Gasteiger partial charge in [-0.3, -0.25) is 0 Å². The highest BCUT2D eigenvalue weighted by atomic mass is 32.2. The van der Waals surface area contributed by atoms with Gasteiger partial charge in [-0.05, 0) is 32.1 Å². The van der Waals surface area contributed by atoms with E-state index in [9.17, 15) is 0 Å². The van der Waals surface area contributed by atoms with Crippen LogP contribution in [0.1, 0.15) is 26.7 Å². The summed E-state index contributed by atoms with van der Waals surface area (Å²) in [6, 6.07) is 0.675. The predicted octanol–water partition coefficient (Wildman–Crippen LogP) is 1.24. The third-order valence-electron chi connectivity index (χ3n) is 2.34. The van der Waals surface area contributed by atoms with Crippen LogP contribution in [-0.2, 0) is 0 Å². The lowest BCUT2D eigenvalue weighted by Gasteiger charge is -2.16. The molecule has 1 aliphatic heterocycles. The molecule has 2 nitrogen and oxygen atoms in total. The van der Waals surface area contributed by atoms with Gasteiger partial charge in [-0.25, -0.2) is 0 Å². The summed E-state index contributed by atoms with van der Waals surface area (Å²) < 4.78 is 0. The molecule has 3 heteroatoms. The van der Waals surface area contributed by atoms with Gasteiger partial charge in [0, 0.05) is 11.3 Å². The van der Waals surface area contributed by atoms with Gasteiger partial charge < -0.3 is 10.4 Å². The highest BCUT2D eigenvalue weighted by Gasteiger charge is 2.22. The van der Waals surface area contributed by atoms with Gasteiger partial charge in [0.05, 0.1) is 6.10 Å². The summed E-state index contributed by atoms with van der Waals surface area (Å²) in [6.07, 6.45) is 1.99. The molecule has 0 aromatic rings. The first-order valence-electron chi connectivity index (χ1n) is 4.73. The Hall–Kier alpha value is 0.270. The van der Waals surface area contributed by atoms with Crippen LogP contribution in [0.3, 0.4) is 0 Å². The molecule has 3 unspecified atom stereocenters. The van der Waals surface area contributed by atoms with Crippen molar-refractivity contribution in [1.82, 2.24) is 5.32 Å². The molecule has 0 saturated carbocycles. The van der Waals surface area contributed by atoms with Crippen molar-refractivity contribution in [1.29, 1.82) is 0 Å². The molecule has 1 aliphatic rings. The van der Waals surface area contributed by atoms with Crippen LogP contribution in [0, 0.1) is 0 Å². The number of rotatable bonds is 4. The Bertz CT molecular complexity index is 130. The Morgan fingerprint density at radius 2 is 2.42 bits per heavy atom. The summed E-state index contributed by atoms with van der Waals surface area (Å²) in [5.41, 5.74) is 0. The van der Waals surface area contributed by atoms with E-state index in [1.54, 1.807) is 0 Å². The third kappa shape index (κ3) is 3.33. The summed E-state index contributed by atoms with van der Waals surface area (Å²) >= 11 is 2.04. The van der Waals surface area contributed by atoms with Crippen molar-refractivity contribution >= 4 is 11.8 Å². The zero-order valence-corrected chi connectivity index (χ0v) is 8.73. The lowest BCUT2D eigenvalue weighted by molar-refractivity contribution is 0.182. The molecule has 0 amide bonds. The van der Waals surface area contributed by atoms with Crippen molar-refractivity contribution < 1.29 is 5.11 Å². The molecule has 0 bridgehead atoms. The lowest BCUT2D eigenvalue weighted by atomic mass is 10.1. The average Bonchev–Trinajstić information content (AvgIpc) is 2.36. The summed E-state index contributed by atoms with van der Waals surface area (Å²) in [5.74, 6) is 1.29. The highest BCUT2D eigenvalue weighted by Crippen LogP contribution is 2.25. The van der Waals surface area contributed by atoms with Gasteiger partial charge in [-0.15, -0.1) is 0 Å². The number of nitrogens with one attached hydrogen (secondary N) is 1. The fourth-order valence-electron chi connectivity index (χ4n) is 1.48. The number of aliphatic hydroxyl groups is 1. The van der Waals surface area contributed by atoms with Crippen LogP contribution < -0.4 is 5.32 Å². The Labute approximate surface area is 79.1 Å². The molecule has 0 spiro atoms. The first kappa shape index (κ1) is 10.4. The molecular weight excluding hydrogens is 170 g/mol. The average molecular weight is 189 g/mol. The number of thioether (sulfide) groups is 1. The zero-order valence-electron chi connectivity index (χ0n) is 7.92. The lowest BCUT2D eigenvalue weighted by Crippen LogP contribution is -2.35. The molecule has 1 rings (SSSR count). The molecule has 1 saturated heterocycles. The minimum Gasteiger partial charge on any atom is -0.393 e. The van der Waals surface area contributed by atoms with E-state index in [2.05, 4.69) is 12.2 Å². The second kappa shape index (κ2) is 5.10. The van der Waals surface area contributed by atoms with Crippen LogP contribution >= 0.6 is 11.8 Å². The standard InChI is InChI=1S/C9H19NOS/c1-7(11)3-5-10-9-4-6-12-8(9)2/h7-11H,3-6H2,1-2H3. The van der Waals surface area contributed by atoms with Gasteiger partial charge in [-0.1, -0.05) is 6.92 Å². The SMILES string of the molecule is CC(O)CCNC1CCSC1C. The molecule has 12 heavy (non-hydrogen) atoms. The fourth-order valence-corrected chi connectivity index (χ4v) is 2.70. The highest BCUT2D eigenvalue weighted by molar-refractivity contribution is 8.00. The summed E-state index contributed by atoms with van der Waals surface area (Å²) in [4.78, 5) is 0. The Morgan fingerprint density at radius 1 is 1.67 bits per heavy atom. The summed E-state index contributed by atoms with van der Waals surface area (Å²) in [6.45, 7) is 5.07. The van der Waals surface area contributed by atoms with Crippen molar-refractivity contribution in [2.75, 3.05) is 12.3 Å². The van der Waals surface area contributed by atoms with E-state index >= 15 is 0 Å². The van der Waals surface area contributed by atoms with Gasteiger partial charge in [-0.2, -0.15) is 11.8 Å². The van der Waals surface area contributed by atoms with Crippen LogP contribution in [0.15, 0.2) is 0 Å². The van der Waals surface area contributed by atoms with E-state index in [0.717, 1.165) is 18.2 Å². The Morgan fingerprint density at radius 3 is 2.92 bits per heavy atom. The van der Waals surface area contributed by atoms with Crippen LogP contribution in [0.2, 0.25) is 0 Å². The Kier molecular flexibility index (Phi) is 4.40. The monoisotopic (exact) mass is 189 g/mol. The molecule has 0 radical (unpaired) electrons. The molecule has 72 valence electrons. The smallest absolute Gasteiger partial charge is 0.0524 e. The van der Waals surface area contributed by atoms with Gasteiger partial charge in [0.25, 0.3) is 0 Å². The van der Waals surface area contributed by atoms with E-state index < -0.39 is 0 Å². The van der Waals surface area contributed by atoms with E-state index in [-0.39, 0.29) is 6.10 Å². The number of aliphatic hydroxyl groups excluding tert-OH is 1. The first-order valence-corrected chi connectivity index (χ1v) is 5.78. The molecule has 0 aromatic heterocycles. The molecule has 0 aliphatic carbocycles. The van der Waals surface area contributed by atoms with Crippen LogP contribution in [-0.4, -0.2) is 34.8 Å². The first-order chi connectivity index (χ1) is 5.70. The maximum atomic E-state index is 9.05. The van der Waals surface area contributed by atoms with Gasteiger partial charge in [0.2, 0.25) is 0 Å². The predicted molar refractivity (Wildman–Crippen MR) is 54.6 cm³/mol. The van der Waals surface area contributed by atoms with Crippen LogP contribution in [0.5, 0.6) is 0 Å². The molecule has 2 N–H and O–H groups in total. The normalized spacial score (nSPS) is 32.2. The molecule has 0 aromatic carbocycles. The molecule has 1 heterocycles. The second-order valence-electron chi connectivity index (χ2n) is 3.56. The van der Waals surface area contributed by atoms with E-state index in [1.807, 2.05) is 18.7 Å². The maximum Gasteiger partial charge on any atom is 0.0524 e. The molecule has 1 fully saturated rings.